The fraction of sp³-hybridized carbons (Fsp3) is 0.804. The average Bonchev–Trinajstić information content (AvgIpc) is 3.31. The van der Waals surface area contributed by atoms with Crippen molar-refractivity contribution in [2.75, 3.05) is 13.2 Å². The van der Waals surface area contributed by atoms with Crippen molar-refractivity contribution in [1.82, 2.24) is 0 Å². The standard InChI is InChI=1S/C51H89O17P/c1-3-5-7-8-9-10-11-12-13-14-15-16-17-18-19-20-21-22-28-32-44(55)66-39-36-64-43(54)31-27-24-23-26-30-40-41(53)35-45(56)67-42(34-33-38(52)29-25-6-4-2)47(58)49(60)51(50(61)48(59)46(40)57)68-69(62,63)65-37-39/h9-10,12-13,23,26,33-34,38-42,45-53,56-61H,3-8,11,14-22,24-25,27-32,35-37H2,1-2H3,(H,62,63)/b10-9-,13-12-,26-23?,34-33+/t38-,39+,40-,41-,42+,45?,46+,47+,48-,49+,50+,51+/m0/s1. The van der Waals surface area contributed by atoms with E-state index in [1.54, 1.807) is 12.2 Å². The van der Waals surface area contributed by atoms with Crippen LogP contribution in [-0.4, -0.2) is 138 Å². The molecule has 0 aromatic rings. The molecule has 18 heteroatoms. The molecule has 2 aliphatic rings. The Labute approximate surface area is 411 Å². The highest BCUT2D eigenvalue weighted by Gasteiger charge is 2.48. The van der Waals surface area contributed by atoms with Crippen molar-refractivity contribution >= 4 is 19.8 Å². The third kappa shape index (κ3) is 27.9. The van der Waals surface area contributed by atoms with Gasteiger partial charge in [-0.3, -0.25) is 18.6 Å². The molecule has 0 spiro atoms. The number of fused-ring (bicyclic) bond motifs is 4. The number of cyclic esters (lactones) is 1. The quantitative estimate of drug-likeness (QED) is 0.0196. The van der Waals surface area contributed by atoms with Gasteiger partial charge >= 0.3 is 19.8 Å². The molecule has 2 heterocycles. The van der Waals surface area contributed by atoms with Gasteiger partial charge in [-0.05, 0) is 64.2 Å². The Hall–Kier alpha value is -2.35. The molecule has 1 fully saturated rings. The summed E-state index contributed by atoms with van der Waals surface area (Å²) in [7, 11) is -5.48. The van der Waals surface area contributed by atoms with E-state index in [1.807, 2.05) is 6.92 Å². The SMILES string of the molecule is CCCCC/C=C\C/C=C\CCCCCCCCCCCC(=O)O[C@@H]1COC(=O)CCCC=CC[C@@H]2[C@@H](O)[C@H](O)[C@@H](O)[C@H](OP(=O)(O)OC1)[C@H](O)[C@H](O)[C@@H](/C=C/[C@@H](O)CCCCC)OC(O)C[C@@H]2O. The summed E-state index contributed by atoms with van der Waals surface area (Å²) in [5, 5.41) is 89.5. The maximum absolute atomic E-state index is 13.6. The largest absolute Gasteiger partial charge is 0.472 e. The van der Waals surface area contributed by atoms with Crippen molar-refractivity contribution < 1.29 is 83.2 Å². The van der Waals surface area contributed by atoms with Gasteiger partial charge in [0.05, 0.1) is 24.9 Å². The minimum atomic E-state index is -5.48. The van der Waals surface area contributed by atoms with Gasteiger partial charge in [0.25, 0.3) is 0 Å². The van der Waals surface area contributed by atoms with E-state index in [0.29, 0.717) is 32.1 Å². The van der Waals surface area contributed by atoms with Crippen LogP contribution >= 0.6 is 7.82 Å². The number of phosphoric ester groups is 1. The Morgan fingerprint density at radius 1 is 0.768 bits per heavy atom. The number of aliphatic hydroxyl groups excluding tert-OH is 8. The number of rotatable bonds is 25. The van der Waals surface area contributed by atoms with Gasteiger partial charge in [-0.25, -0.2) is 4.57 Å². The molecular formula is C51H89O17P. The van der Waals surface area contributed by atoms with Gasteiger partial charge in [-0.1, -0.05) is 140 Å². The first-order valence-corrected chi connectivity index (χ1v) is 27.3. The highest BCUT2D eigenvalue weighted by Crippen LogP contribution is 2.47. The molecule has 17 nitrogen and oxygen atoms in total. The van der Waals surface area contributed by atoms with Crippen LogP contribution in [-0.2, 0) is 37.4 Å². The lowest BCUT2D eigenvalue weighted by Gasteiger charge is -2.39. The molecule has 400 valence electrons. The number of hydrogen-bond acceptors (Lipinski definition) is 16. The highest BCUT2D eigenvalue weighted by atomic mass is 31.2. The van der Waals surface area contributed by atoms with Gasteiger partial charge in [0, 0.05) is 25.2 Å². The highest BCUT2D eigenvalue weighted by molar-refractivity contribution is 7.47. The topological polar surface area (TPSA) is 279 Å². The number of carbonyl (C=O) groups is 2. The van der Waals surface area contributed by atoms with Crippen LogP contribution in [0.5, 0.6) is 0 Å². The summed E-state index contributed by atoms with van der Waals surface area (Å²) < 4.78 is 40.4. The van der Waals surface area contributed by atoms with Crippen molar-refractivity contribution in [3.63, 3.8) is 0 Å². The third-order valence-electron chi connectivity index (χ3n) is 12.4. The molecule has 13 atom stereocenters. The zero-order valence-corrected chi connectivity index (χ0v) is 42.3. The van der Waals surface area contributed by atoms with E-state index >= 15 is 0 Å². The molecule has 0 aliphatic carbocycles. The van der Waals surface area contributed by atoms with E-state index in [0.717, 1.165) is 70.3 Å². The maximum atomic E-state index is 13.6. The van der Waals surface area contributed by atoms with Crippen LogP contribution in [0, 0.1) is 5.92 Å². The van der Waals surface area contributed by atoms with Gasteiger partial charge in [0.2, 0.25) is 0 Å². The van der Waals surface area contributed by atoms with Crippen LogP contribution in [0.1, 0.15) is 174 Å². The summed E-state index contributed by atoms with van der Waals surface area (Å²) >= 11 is 0. The molecule has 2 rings (SSSR count). The molecule has 1 saturated heterocycles. The minimum absolute atomic E-state index is 0.0165. The van der Waals surface area contributed by atoms with Gasteiger partial charge in [0.15, 0.2) is 12.4 Å². The first kappa shape index (κ1) is 62.8. The number of unbranched alkanes of at least 4 members (excludes halogenated alkanes) is 14. The molecular weight excluding hydrogens is 916 g/mol. The maximum Gasteiger partial charge on any atom is 0.472 e. The predicted molar refractivity (Wildman–Crippen MR) is 261 cm³/mol. The van der Waals surface area contributed by atoms with E-state index in [2.05, 4.69) is 31.2 Å². The number of phosphoric acid groups is 1. The van der Waals surface area contributed by atoms with Crippen LogP contribution in [0.25, 0.3) is 0 Å². The number of ether oxygens (including phenoxy) is 3. The molecule has 69 heavy (non-hydrogen) atoms. The van der Waals surface area contributed by atoms with Gasteiger partial charge in [0.1, 0.15) is 43.2 Å². The fourth-order valence-electron chi connectivity index (χ4n) is 8.19. The Morgan fingerprint density at radius 2 is 1.38 bits per heavy atom. The van der Waals surface area contributed by atoms with Crippen LogP contribution in [0.4, 0.5) is 0 Å². The van der Waals surface area contributed by atoms with E-state index in [1.165, 1.54) is 44.6 Å². The van der Waals surface area contributed by atoms with Crippen LogP contribution in [0.15, 0.2) is 48.6 Å². The number of aliphatic hydroxyl groups is 8. The van der Waals surface area contributed by atoms with Crippen LogP contribution < -0.4 is 0 Å². The summed E-state index contributed by atoms with van der Waals surface area (Å²) in [6.07, 6.45) is 11.9. The van der Waals surface area contributed by atoms with Crippen molar-refractivity contribution in [3.8, 4) is 0 Å². The monoisotopic (exact) mass is 1000 g/mol. The Morgan fingerprint density at radius 3 is 2.04 bits per heavy atom. The second-order valence-corrected chi connectivity index (χ2v) is 20.0. The molecule has 2 aliphatic heterocycles. The normalized spacial score (nSPS) is 31.3. The summed E-state index contributed by atoms with van der Waals surface area (Å²) in [6.45, 7) is 2.77. The Bertz CT molecular complexity index is 1520. The molecule has 0 aromatic heterocycles. The van der Waals surface area contributed by atoms with E-state index < -0.39 is 113 Å². The van der Waals surface area contributed by atoms with E-state index in [-0.39, 0.29) is 19.3 Å². The first-order chi connectivity index (χ1) is 33.1. The second kappa shape index (κ2) is 37.4. The van der Waals surface area contributed by atoms with E-state index in [4.69, 9.17) is 23.3 Å². The first-order valence-electron chi connectivity index (χ1n) is 25.8. The molecule has 0 saturated carbocycles. The van der Waals surface area contributed by atoms with Crippen molar-refractivity contribution in [2.24, 2.45) is 5.92 Å². The second-order valence-electron chi connectivity index (χ2n) is 18.5. The van der Waals surface area contributed by atoms with Crippen molar-refractivity contribution in [2.45, 2.75) is 242 Å². The van der Waals surface area contributed by atoms with Gasteiger partial charge in [-0.2, -0.15) is 0 Å². The number of carbonyl (C=O) groups excluding carboxylic acids is 2. The third-order valence-corrected chi connectivity index (χ3v) is 13.4. The van der Waals surface area contributed by atoms with Crippen LogP contribution in [0.3, 0.4) is 0 Å². The Balaban J connectivity index is 2.10. The zero-order valence-electron chi connectivity index (χ0n) is 41.4. The summed E-state index contributed by atoms with van der Waals surface area (Å²) in [5.41, 5.74) is 0. The lowest BCUT2D eigenvalue weighted by atomic mass is 9.83. The van der Waals surface area contributed by atoms with Crippen molar-refractivity contribution in [1.29, 1.82) is 0 Å². The lowest BCUT2D eigenvalue weighted by Crippen LogP contribution is -2.58. The van der Waals surface area contributed by atoms with Gasteiger partial charge in [-0.15, -0.1) is 0 Å². The number of allylic oxidation sites excluding steroid dienone is 6. The average molecular weight is 1010 g/mol. The van der Waals surface area contributed by atoms with Crippen molar-refractivity contribution in [3.05, 3.63) is 48.6 Å². The van der Waals surface area contributed by atoms with E-state index in [9.17, 15) is 59.9 Å². The fourth-order valence-corrected chi connectivity index (χ4v) is 9.16. The van der Waals surface area contributed by atoms with Crippen LogP contribution in [0.2, 0.25) is 0 Å². The number of esters is 2. The minimum Gasteiger partial charge on any atom is -0.462 e. The summed E-state index contributed by atoms with van der Waals surface area (Å²) in [4.78, 5) is 36.6. The lowest BCUT2D eigenvalue weighted by molar-refractivity contribution is -0.213. The molecule has 0 radical (unpaired) electrons. The zero-order chi connectivity index (χ0) is 50.9. The number of hydrogen-bond donors (Lipinski definition) is 9. The Kier molecular flexibility index (Phi) is 34.0. The molecule has 2 bridgehead atoms. The predicted octanol–water partition coefficient (Wildman–Crippen LogP) is 6.83. The summed E-state index contributed by atoms with van der Waals surface area (Å²) in [5.74, 6) is -2.64. The summed E-state index contributed by atoms with van der Waals surface area (Å²) in [6, 6.07) is 0. The molecule has 0 aromatic carbocycles. The molecule has 0 amide bonds. The molecule has 9 N–H and O–H groups in total. The smallest absolute Gasteiger partial charge is 0.462 e. The van der Waals surface area contributed by atoms with Gasteiger partial charge < -0.3 is 60.0 Å². The molecule has 2 unspecified atom stereocenters.